The molecule has 6 heteroatoms. The van der Waals surface area contributed by atoms with E-state index in [1.165, 1.54) is 19.3 Å². The van der Waals surface area contributed by atoms with Crippen LogP contribution in [-0.2, 0) is 11.8 Å². The quantitative estimate of drug-likeness (QED) is 0.754. The number of thiazole rings is 1. The van der Waals surface area contributed by atoms with Crippen molar-refractivity contribution in [1.29, 1.82) is 0 Å². The Morgan fingerprint density at radius 1 is 1.07 bits per heavy atom. The molecular formula is C21H24N2O3S. The highest BCUT2D eigenvalue weighted by atomic mass is 32.1. The predicted octanol–water partition coefficient (Wildman–Crippen LogP) is 3.65. The summed E-state index contributed by atoms with van der Waals surface area (Å²) < 4.78 is 14.5. The molecule has 0 unspecified atom stereocenters. The summed E-state index contributed by atoms with van der Waals surface area (Å²) in [5.41, 5.74) is 0.866. The maximum Gasteiger partial charge on any atom is 0.254 e. The van der Waals surface area contributed by atoms with E-state index >= 15 is 0 Å². The van der Waals surface area contributed by atoms with Crippen LogP contribution in [0, 0.1) is 23.2 Å². The largest absolute Gasteiger partial charge is 0.486 e. The van der Waals surface area contributed by atoms with E-state index in [0.29, 0.717) is 13.2 Å². The highest BCUT2D eigenvalue weighted by molar-refractivity contribution is 7.16. The Bertz CT molecular complexity index is 983. The van der Waals surface area contributed by atoms with Crippen molar-refractivity contribution in [3.63, 3.8) is 0 Å². The van der Waals surface area contributed by atoms with Crippen LogP contribution in [0.3, 0.4) is 0 Å². The molecule has 2 aromatic rings. The SMILES string of the molecule is Cn1c(=NC(=O)C23CC4CC(CC(C4)C2)C3)sc2cc3c(cc21)OCCO3. The maximum atomic E-state index is 13.3. The van der Waals surface area contributed by atoms with Gasteiger partial charge in [-0.25, -0.2) is 0 Å². The first-order chi connectivity index (χ1) is 13.1. The van der Waals surface area contributed by atoms with Gasteiger partial charge in [0.05, 0.1) is 15.6 Å². The number of aromatic nitrogens is 1. The molecule has 0 radical (unpaired) electrons. The van der Waals surface area contributed by atoms with Crippen molar-refractivity contribution >= 4 is 27.5 Å². The molecule has 0 atom stereocenters. The van der Waals surface area contributed by atoms with E-state index in [1.807, 2.05) is 23.7 Å². The molecule has 1 amide bonds. The van der Waals surface area contributed by atoms with Crippen molar-refractivity contribution < 1.29 is 14.3 Å². The molecule has 1 aliphatic heterocycles. The molecule has 0 N–H and O–H groups in total. The van der Waals surface area contributed by atoms with Gasteiger partial charge in [0.1, 0.15) is 13.2 Å². The molecule has 2 heterocycles. The van der Waals surface area contributed by atoms with Crippen LogP contribution in [0.4, 0.5) is 0 Å². The summed E-state index contributed by atoms with van der Waals surface area (Å²) in [6.07, 6.45) is 7.21. The fourth-order valence-corrected chi connectivity index (χ4v) is 7.38. The van der Waals surface area contributed by atoms with Crippen molar-refractivity contribution in [3.8, 4) is 11.5 Å². The van der Waals surface area contributed by atoms with Gasteiger partial charge in [0.2, 0.25) is 0 Å². The Morgan fingerprint density at radius 3 is 2.30 bits per heavy atom. The zero-order valence-corrected chi connectivity index (χ0v) is 16.4. The average molecular weight is 385 g/mol. The predicted molar refractivity (Wildman–Crippen MR) is 103 cm³/mol. The van der Waals surface area contributed by atoms with Gasteiger partial charge in [-0.1, -0.05) is 11.3 Å². The van der Waals surface area contributed by atoms with Gasteiger partial charge < -0.3 is 14.0 Å². The monoisotopic (exact) mass is 384 g/mol. The second kappa shape index (κ2) is 5.60. The second-order valence-corrected chi connectivity index (χ2v) is 10.0. The molecule has 4 saturated carbocycles. The Morgan fingerprint density at radius 2 is 1.67 bits per heavy atom. The number of carbonyl (C=O) groups is 1. The van der Waals surface area contributed by atoms with Gasteiger partial charge in [-0.2, -0.15) is 4.99 Å². The van der Waals surface area contributed by atoms with E-state index < -0.39 is 0 Å². The van der Waals surface area contributed by atoms with Crippen LogP contribution in [0.15, 0.2) is 17.1 Å². The van der Waals surface area contributed by atoms with E-state index in [-0.39, 0.29) is 11.3 Å². The molecule has 1 aromatic carbocycles. The van der Waals surface area contributed by atoms with Crippen molar-refractivity contribution in [3.05, 3.63) is 16.9 Å². The molecule has 27 heavy (non-hydrogen) atoms. The van der Waals surface area contributed by atoms with Crippen molar-refractivity contribution in [1.82, 2.24) is 4.57 Å². The molecule has 0 spiro atoms. The van der Waals surface area contributed by atoms with Crippen LogP contribution in [0.25, 0.3) is 10.2 Å². The van der Waals surface area contributed by atoms with Gasteiger partial charge in [-0.15, -0.1) is 0 Å². The molecule has 4 fully saturated rings. The molecule has 0 saturated heterocycles. The minimum absolute atomic E-state index is 0.126. The summed E-state index contributed by atoms with van der Waals surface area (Å²) in [6.45, 7) is 1.16. The molecule has 1 aromatic heterocycles. The van der Waals surface area contributed by atoms with E-state index in [0.717, 1.165) is 63.5 Å². The number of ether oxygens (including phenoxy) is 2. The zero-order valence-electron chi connectivity index (χ0n) is 15.6. The summed E-state index contributed by atoms with van der Waals surface area (Å²) in [5.74, 6) is 3.96. The zero-order chi connectivity index (χ0) is 18.2. The van der Waals surface area contributed by atoms with Gasteiger partial charge in [-0.3, -0.25) is 4.79 Å². The van der Waals surface area contributed by atoms with Crippen LogP contribution in [0.1, 0.15) is 38.5 Å². The van der Waals surface area contributed by atoms with Crippen LogP contribution in [0.2, 0.25) is 0 Å². The number of rotatable bonds is 1. The first-order valence-electron chi connectivity index (χ1n) is 10.1. The third-order valence-electron chi connectivity index (χ3n) is 7.16. The molecule has 142 valence electrons. The fourth-order valence-electron chi connectivity index (χ4n) is 6.35. The van der Waals surface area contributed by atoms with E-state index in [9.17, 15) is 4.79 Å². The van der Waals surface area contributed by atoms with E-state index in [1.54, 1.807) is 11.3 Å². The summed E-state index contributed by atoms with van der Waals surface area (Å²) in [5, 5.41) is 0. The van der Waals surface area contributed by atoms with Crippen molar-refractivity contribution in [2.24, 2.45) is 35.2 Å². The molecule has 7 rings (SSSR count). The first-order valence-corrected chi connectivity index (χ1v) is 10.9. The Balaban J connectivity index is 1.41. The van der Waals surface area contributed by atoms with Gasteiger partial charge >= 0.3 is 0 Å². The van der Waals surface area contributed by atoms with Gasteiger partial charge in [0, 0.05) is 19.2 Å². The Hall–Kier alpha value is -1.82. The summed E-state index contributed by atoms with van der Waals surface area (Å²) in [7, 11) is 1.99. The van der Waals surface area contributed by atoms with E-state index in [4.69, 9.17) is 9.47 Å². The normalized spacial score (nSPS) is 34.4. The van der Waals surface area contributed by atoms with Crippen LogP contribution >= 0.6 is 11.3 Å². The highest BCUT2D eigenvalue weighted by Gasteiger charge is 2.54. The summed E-state index contributed by atoms with van der Waals surface area (Å²) >= 11 is 1.57. The fraction of sp³-hybridized carbons (Fsp3) is 0.619. The number of benzene rings is 1. The second-order valence-electron chi connectivity index (χ2n) is 9.02. The number of hydrogen-bond donors (Lipinski definition) is 0. The lowest BCUT2D eigenvalue weighted by Crippen LogP contribution is -2.49. The van der Waals surface area contributed by atoms with Gasteiger partial charge in [0.25, 0.3) is 5.91 Å². The number of amides is 1. The molecule has 5 nitrogen and oxygen atoms in total. The maximum absolute atomic E-state index is 13.3. The topological polar surface area (TPSA) is 52.8 Å². The Labute approximate surface area is 162 Å². The lowest BCUT2D eigenvalue weighted by molar-refractivity contribution is -0.142. The van der Waals surface area contributed by atoms with Crippen LogP contribution in [-0.4, -0.2) is 23.7 Å². The van der Waals surface area contributed by atoms with Crippen LogP contribution in [0.5, 0.6) is 11.5 Å². The minimum atomic E-state index is -0.177. The number of hydrogen-bond acceptors (Lipinski definition) is 4. The molecular weight excluding hydrogens is 360 g/mol. The highest BCUT2D eigenvalue weighted by Crippen LogP contribution is 2.60. The molecule has 4 aliphatic carbocycles. The van der Waals surface area contributed by atoms with Crippen molar-refractivity contribution in [2.75, 3.05) is 13.2 Å². The van der Waals surface area contributed by atoms with Gasteiger partial charge in [0.15, 0.2) is 16.3 Å². The third kappa shape index (κ3) is 2.42. The molecule has 5 aliphatic rings. The minimum Gasteiger partial charge on any atom is -0.486 e. The third-order valence-corrected chi connectivity index (χ3v) is 8.26. The number of nitrogens with zero attached hydrogens (tertiary/aromatic N) is 2. The average Bonchev–Trinajstić information content (AvgIpc) is 2.94. The lowest BCUT2D eigenvalue weighted by Gasteiger charge is -2.55. The van der Waals surface area contributed by atoms with Crippen LogP contribution < -0.4 is 14.3 Å². The number of carbonyl (C=O) groups excluding carboxylic acids is 1. The lowest BCUT2D eigenvalue weighted by atomic mass is 9.49. The number of fused-ring (bicyclic) bond motifs is 2. The number of aryl methyl sites for hydroxylation is 1. The summed E-state index contributed by atoms with van der Waals surface area (Å²) in [4.78, 5) is 18.8. The Kier molecular flexibility index (Phi) is 3.35. The van der Waals surface area contributed by atoms with Crippen molar-refractivity contribution in [2.45, 2.75) is 38.5 Å². The van der Waals surface area contributed by atoms with Gasteiger partial charge in [-0.05, 0) is 56.3 Å². The first kappa shape index (κ1) is 16.2. The molecule has 4 bridgehead atoms. The summed E-state index contributed by atoms with van der Waals surface area (Å²) in [6, 6.07) is 4.03. The van der Waals surface area contributed by atoms with E-state index in [2.05, 4.69) is 4.99 Å². The standard InChI is InChI=1S/C21H24N2O3S/c1-23-15-7-16-17(26-3-2-25-16)8-18(15)27-20(23)22-19(24)21-9-12-4-13(10-21)6-14(5-12)11-21/h7-8,12-14H,2-6,9-11H2,1H3. The smallest absolute Gasteiger partial charge is 0.254 e.